The molecule has 0 atom stereocenters. The number of rotatable bonds is 2. The van der Waals surface area contributed by atoms with E-state index < -0.39 is 5.82 Å². The molecule has 0 spiro atoms. The molecule has 0 saturated carbocycles. The molecule has 92 valence electrons. The Morgan fingerprint density at radius 3 is 2.61 bits per heavy atom. The topological polar surface area (TPSA) is 12.9 Å². The first kappa shape index (κ1) is 13.1. The molecule has 0 aliphatic heterocycles. The van der Waals surface area contributed by atoms with Gasteiger partial charge < -0.3 is 0 Å². The van der Waals surface area contributed by atoms with E-state index in [1.54, 1.807) is 18.3 Å². The molecule has 0 saturated heterocycles. The number of benzene rings is 1. The average Bonchev–Trinajstić information content (AvgIpc) is 2.34. The Bertz CT molecular complexity index is 591. The quantitative estimate of drug-likeness (QED) is 0.699. The second kappa shape index (κ2) is 5.51. The lowest BCUT2D eigenvalue weighted by atomic mass is 10.1. The summed E-state index contributed by atoms with van der Waals surface area (Å²) in [6, 6.07) is 8.29. The van der Waals surface area contributed by atoms with Crippen LogP contribution in [0.2, 0.25) is 10.2 Å². The third-order valence-electron chi connectivity index (χ3n) is 2.51. The maximum Gasteiger partial charge on any atom is 0.142 e. The van der Waals surface area contributed by atoms with E-state index in [2.05, 4.69) is 4.98 Å². The summed E-state index contributed by atoms with van der Waals surface area (Å²) < 4.78 is 13.3. The minimum absolute atomic E-state index is 0.123. The molecule has 0 N–H and O–H groups in total. The Kier molecular flexibility index (Phi) is 4.00. The van der Waals surface area contributed by atoms with Crippen LogP contribution >= 0.6 is 23.2 Å². The normalized spacial score (nSPS) is 11.7. The van der Waals surface area contributed by atoms with Crippen molar-refractivity contribution in [3.05, 3.63) is 63.6 Å². The van der Waals surface area contributed by atoms with Gasteiger partial charge in [0.25, 0.3) is 0 Å². The molecule has 1 aromatic heterocycles. The van der Waals surface area contributed by atoms with E-state index in [-0.39, 0.29) is 5.02 Å². The van der Waals surface area contributed by atoms with Gasteiger partial charge in [-0.15, -0.1) is 0 Å². The van der Waals surface area contributed by atoms with Crippen molar-refractivity contribution >= 4 is 34.9 Å². The molecule has 18 heavy (non-hydrogen) atoms. The van der Waals surface area contributed by atoms with Gasteiger partial charge in [-0.2, -0.15) is 0 Å². The molecule has 0 radical (unpaired) electrons. The lowest BCUT2D eigenvalue weighted by Crippen LogP contribution is -1.84. The maximum atomic E-state index is 13.3. The lowest BCUT2D eigenvalue weighted by Gasteiger charge is -2.02. The van der Waals surface area contributed by atoms with Crippen LogP contribution in [0.1, 0.15) is 18.1 Å². The summed E-state index contributed by atoms with van der Waals surface area (Å²) in [6.45, 7) is 1.93. The molecule has 2 rings (SSSR count). The minimum atomic E-state index is -0.424. The smallest absolute Gasteiger partial charge is 0.142 e. The van der Waals surface area contributed by atoms with Gasteiger partial charge in [0.1, 0.15) is 11.0 Å². The van der Waals surface area contributed by atoms with E-state index in [9.17, 15) is 4.39 Å². The molecule has 0 amide bonds. The molecular formula is C14H10Cl2FN. The van der Waals surface area contributed by atoms with Gasteiger partial charge in [-0.05, 0) is 41.8 Å². The summed E-state index contributed by atoms with van der Waals surface area (Å²) in [5, 5.41) is 0.571. The second-order valence-electron chi connectivity index (χ2n) is 3.87. The molecule has 4 heteroatoms. The summed E-state index contributed by atoms with van der Waals surface area (Å²) in [7, 11) is 0. The van der Waals surface area contributed by atoms with Crippen molar-refractivity contribution in [3.8, 4) is 0 Å². The monoisotopic (exact) mass is 281 g/mol. The standard InChI is InChI=1S/C14H10Cl2FN/c1-9(11-3-5-14(16)18-8-11)6-10-2-4-12(15)13(17)7-10/h2-8H,1H3/b9-6-. The van der Waals surface area contributed by atoms with E-state index in [4.69, 9.17) is 23.2 Å². The van der Waals surface area contributed by atoms with Crippen molar-refractivity contribution in [2.24, 2.45) is 0 Å². The van der Waals surface area contributed by atoms with E-state index in [0.717, 1.165) is 16.7 Å². The average molecular weight is 282 g/mol. The van der Waals surface area contributed by atoms with E-state index in [1.807, 2.05) is 19.1 Å². The molecule has 1 aromatic carbocycles. The van der Waals surface area contributed by atoms with Gasteiger partial charge in [-0.3, -0.25) is 0 Å². The van der Waals surface area contributed by atoms with Crippen molar-refractivity contribution in [2.75, 3.05) is 0 Å². The van der Waals surface area contributed by atoms with Crippen LogP contribution in [0, 0.1) is 5.82 Å². The molecule has 0 unspecified atom stereocenters. The molecular weight excluding hydrogens is 272 g/mol. The fraction of sp³-hybridized carbons (Fsp3) is 0.0714. The fourth-order valence-electron chi connectivity index (χ4n) is 1.54. The highest BCUT2D eigenvalue weighted by molar-refractivity contribution is 6.30. The summed E-state index contributed by atoms with van der Waals surface area (Å²) in [5.74, 6) is -0.424. The first-order chi connectivity index (χ1) is 8.56. The molecule has 1 heterocycles. The van der Waals surface area contributed by atoms with Crippen LogP contribution < -0.4 is 0 Å². The number of halogens is 3. The first-order valence-electron chi connectivity index (χ1n) is 5.31. The van der Waals surface area contributed by atoms with Crippen LogP contribution in [0.3, 0.4) is 0 Å². The molecule has 0 fully saturated rings. The van der Waals surface area contributed by atoms with Gasteiger partial charge in [-0.1, -0.05) is 41.4 Å². The largest absolute Gasteiger partial charge is 0.244 e. The van der Waals surface area contributed by atoms with Gasteiger partial charge in [0, 0.05) is 6.20 Å². The van der Waals surface area contributed by atoms with Crippen molar-refractivity contribution in [1.29, 1.82) is 0 Å². The van der Waals surface area contributed by atoms with Crippen LogP contribution in [-0.2, 0) is 0 Å². The second-order valence-corrected chi connectivity index (χ2v) is 4.66. The summed E-state index contributed by atoms with van der Waals surface area (Å²) in [5.41, 5.74) is 2.67. The predicted molar refractivity (Wildman–Crippen MR) is 74.2 cm³/mol. The van der Waals surface area contributed by atoms with Crippen LogP contribution in [0.5, 0.6) is 0 Å². The van der Waals surface area contributed by atoms with Gasteiger partial charge in [0.2, 0.25) is 0 Å². The Morgan fingerprint density at radius 1 is 1.22 bits per heavy atom. The summed E-state index contributed by atoms with van der Waals surface area (Å²) >= 11 is 11.4. The van der Waals surface area contributed by atoms with Crippen molar-refractivity contribution < 1.29 is 4.39 Å². The Morgan fingerprint density at radius 2 is 2.00 bits per heavy atom. The van der Waals surface area contributed by atoms with Crippen molar-refractivity contribution in [3.63, 3.8) is 0 Å². The zero-order valence-corrected chi connectivity index (χ0v) is 11.1. The SMILES string of the molecule is C/C(=C/c1ccc(Cl)c(F)c1)c1ccc(Cl)nc1. The molecule has 0 aliphatic carbocycles. The maximum absolute atomic E-state index is 13.3. The number of aromatic nitrogens is 1. The number of allylic oxidation sites excluding steroid dienone is 1. The third kappa shape index (κ3) is 3.09. The summed E-state index contributed by atoms with van der Waals surface area (Å²) in [6.07, 6.45) is 3.55. The van der Waals surface area contributed by atoms with E-state index in [1.165, 1.54) is 12.1 Å². The first-order valence-corrected chi connectivity index (χ1v) is 6.07. The minimum Gasteiger partial charge on any atom is -0.244 e. The van der Waals surface area contributed by atoms with Crippen LogP contribution in [0.4, 0.5) is 4.39 Å². The van der Waals surface area contributed by atoms with Gasteiger partial charge in [-0.25, -0.2) is 9.37 Å². The Hall–Kier alpha value is -1.38. The Labute approximate surface area is 115 Å². The van der Waals surface area contributed by atoms with Crippen LogP contribution in [-0.4, -0.2) is 4.98 Å². The number of nitrogens with zero attached hydrogens (tertiary/aromatic N) is 1. The highest BCUT2D eigenvalue weighted by Gasteiger charge is 2.01. The number of hydrogen-bond acceptors (Lipinski definition) is 1. The molecule has 0 aliphatic rings. The van der Waals surface area contributed by atoms with Crippen molar-refractivity contribution in [2.45, 2.75) is 6.92 Å². The van der Waals surface area contributed by atoms with Gasteiger partial charge >= 0.3 is 0 Å². The zero-order valence-electron chi connectivity index (χ0n) is 9.62. The van der Waals surface area contributed by atoms with Crippen LogP contribution in [0.15, 0.2) is 36.5 Å². The number of hydrogen-bond donors (Lipinski definition) is 0. The highest BCUT2D eigenvalue weighted by Crippen LogP contribution is 2.21. The van der Waals surface area contributed by atoms with Crippen LogP contribution in [0.25, 0.3) is 11.6 Å². The fourth-order valence-corrected chi connectivity index (χ4v) is 1.77. The van der Waals surface area contributed by atoms with Crippen molar-refractivity contribution in [1.82, 2.24) is 4.98 Å². The zero-order chi connectivity index (χ0) is 13.1. The van der Waals surface area contributed by atoms with E-state index in [0.29, 0.717) is 5.15 Å². The van der Waals surface area contributed by atoms with E-state index >= 15 is 0 Å². The predicted octanol–water partition coefficient (Wildman–Crippen LogP) is 5.09. The highest BCUT2D eigenvalue weighted by atomic mass is 35.5. The Balaban J connectivity index is 2.32. The summed E-state index contributed by atoms with van der Waals surface area (Å²) in [4.78, 5) is 4.00. The molecule has 1 nitrogen and oxygen atoms in total. The third-order valence-corrected chi connectivity index (χ3v) is 3.04. The number of pyridine rings is 1. The molecule has 2 aromatic rings. The molecule has 0 bridgehead atoms. The van der Waals surface area contributed by atoms with Gasteiger partial charge in [0.15, 0.2) is 0 Å². The van der Waals surface area contributed by atoms with Gasteiger partial charge in [0.05, 0.1) is 5.02 Å². The lowest BCUT2D eigenvalue weighted by molar-refractivity contribution is 0.628.